The molecule has 8 nitrogen and oxygen atoms in total. The summed E-state index contributed by atoms with van der Waals surface area (Å²) < 4.78 is 28.0. The normalized spacial score (nSPS) is 40.2. The van der Waals surface area contributed by atoms with Crippen LogP contribution in [-0.2, 0) is 28.7 Å². The minimum Gasteiger partial charge on any atom is -0.456 e. The quantitative estimate of drug-likeness (QED) is 0.468. The fourth-order valence-corrected chi connectivity index (χ4v) is 7.87. The van der Waals surface area contributed by atoms with E-state index in [-0.39, 0.29) is 18.6 Å². The Bertz CT molecular complexity index is 1040. The maximum absolute atomic E-state index is 17.0. The van der Waals surface area contributed by atoms with Gasteiger partial charge in [0.2, 0.25) is 5.78 Å². The molecule has 0 saturated heterocycles. The zero-order chi connectivity index (χ0) is 27.2. The summed E-state index contributed by atoms with van der Waals surface area (Å²) in [6, 6.07) is 0. The van der Waals surface area contributed by atoms with Gasteiger partial charge in [-0.2, -0.15) is 0 Å². The third-order valence-electron chi connectivity index (χ3n) is 9.47. The van der Waals surface area contributed by atoms with Crippen LogP contribution in [0.15, 0.2) is 23.8 Å². The molecule has 8 atom stereocenters. The lowest BCUT2D eigenvalue weighted by atomic mass is 9.48. The minimum atomic E-state index is -2.03. The van der Waals surface area contributed by atoms with Crippen LogP contribution in [0, 0.1) is 29.1 Å². The molecule has 37 heavy (non-hydrogen) atoms. The van der Waals surface area contributed by atoms with Crippen LogP contribution in [0.2, 0.25) is 0 Å². The largest absolute Gasteiger partial charge is 0.456 e. The Balaban J connectivity index is 1.75. The predicted molar refractivity (Wildman–Crippen MR) is 130 cm³/mol. The van der Waals surface area contributed by atoms with Crippen LogP contribution in [-0.4, -0.2) is 64.3 Å². The van der Waals surface area contributed by atoms with Crippen molar-refractivity contribution in [3.05, 3.63) is 23.8 Å². The van der Waals surface area contributed by atoms with Gasteiger partial charge in [-0.15, -0.1) is 0 Å². The molecule has 4 rings (SSSR count). The summed E-state index contributed by atoms with van der Waals surface area (Å²) in [4.78, 5) is 50.3. The molecule has 204 valence electrons. The zero-order valence-electron chi connectivity index (χ0n) is 21.7. The summed E-state index contributed by atoms with van der Waals surface area (Å²) in [5.74, 6) is -4.66. The molecule has 0 amide bonds. The van der Waals surface area contributed by atoms with Gasteiger partial charge in [-0.3, -0.25) is 14.4 Å². The third kappa shape index (κ3) is 4.18. The van der Waals surface area contributed by atoms with Gasteiger partial charge in [0.05, 0.1) is 6.10 Å². The number of aliphatic hydroxyl groups excluding tert-OH is 2. The number of ether oxygens (including phenoxy) is 2. The molecular weight excluding hydrogens is 483 g/mol. The first-order chi connectivity index (χ1) is 17.4. The molecule has 4 aliphatic carbocycles. The van der Waals surface area contributed by atoms with Gasteiger partial charge in [0.1, 0.15) is 12.3 Å². The van der Waals surface area contributed by atoms with E-state index >= 15 is 4.39 Å². The molecule has 0 bridgehead atoms. The molecule has 0 radical (unpaired) electrons. The van der Waals surface area contributed by atoms with Gasteiger partial charge in [0, 0.05) is 29.6 Å². The van der Waals surface area contributed by atoms with Crippen LogP contribution in [0.1, 0.15) is 65.7 Å². The van der Waals surface area contributed by atoms with Crippen molar-refractivity contribution >= 4 is 23.5 Å². The molecule has 0 spiro atoms. The van der Waals surface area contributed by atoms with Gasteiger partial charge in [0.25, 0.3) is 0 Å². The van der Waals surface area contributed by atoms with E-state index in [4.69, 9.17) is 14.6 Å². The fraction of sp³-hybridized carbons (Fsp3) is 0.714. The van der Waals surface area contributed by atoms with Crippen molar-refractivity contribution in [1.82, 2.24) is 0 Å². The second kappa shape index (κ2) is 10.1. The molecule has 0 aliphatic heterocycles. The van der Waals surface area contributed by atoms with E-state index in [0.717, 1.165) is 6.42 Å². The van der Waals surface area contributed by atoms with Crippen LogP contribution in [0.5, 0.6) is 0 Å². The van der Waals surface area contributed by atoms with E-state index in [2.05, 4.69) is 0 Å². The summed E-state index contributed by atoms with van der Waals surface area (Å²) >= 11 is 0. The van der Waals surface area contributed by atoms with E-state index < -0.39 is 77.4 Å². The number of carbonyl (C=O) groups excluding carboxylic acids is 4. The Hall–Kier alpha value is -2.39. The molecule has 4 aliphatic rings. The monoisotopic (exact) mass is 520 g/mol. The molecule has 2 N–H and O–H groups in total. The summed E-state index contributed by atoms with van der Waals surface area (Å²) in [5, 5.41) is 20.5. The highest BCUT2D eigenvalue weighted by atomic mass is 19.1. The van der Waals surface area contributed by atoms with Crippen LogP contribution >= 0.6 is 0 Å². The van der Waals surface area contributed by atoms with Crippen LogP contribution in [0.4, 0.5) is 4.39 Å². The number of carbonyl (C=O) groups is 4. The van der Waals surface area contributed by atoms with Gasteiger partial charge < -0.3 is 19.7 Å². The second-order valence-electron chi connectivity index (χ2n) is 11.4. The van der Waals surface area contributed by atoms with Crippen LogP contribution in [0.25, 0.3) is 0 Å². The van der Waals surface area contributed by atoms with Crippen molar-refractivity contribution in [2.45, 2.75) is 83.1 Å². The molecule has 3 fully saturated rings. The molecule has 0 aromatic carbocycles. The third-order valence-corrected chi connectivity index (χ3v) is 9.47. The standard InChI is InChI=1S/C28H37FO8/c1-4-5-6-24(34)37-28(23(33)15-36-25(35)14-30)16(2)11-21-20-9-7-17-12-18(31)8-10-19(17)27(20,29)22(32)13-26(21,28)3/h8,10,12,16,19-22,30,32H,4-7,9,11,13-15H2,1-3H3/t16-,19-,20-,21-,22-,26-,27-,28-/m0/s1. The number of hydrogen-bond acceptors (Lipinski definition) is 8. The summed E-state index contributed by atoms with van der Waals surface area (Å²) in [6.07, 6.45) is 5.42. The average Bonchev–Trinajstić information content (AvgIpc) is 3.07. The molecule has 0 aromatic heterocycles. The van der Waals surface area contributed by atoms with Crippen molar-refractivity contribution in [3.63, 3.8) is 0 Å². The Morgan fingerprint density at radius 1 is 1.22 bits per heavy atom. The number of halogens is 1. The van der Waals surface area contributed by atoms with Crippen molar-refractivity contribution in [2.75, 3.05) is 13.2 Å². The number of fused-ring (bicyclic) bond motifs is 5. The van der Waals surface area contributed by atoms with Gasteiger partial charge in [-0.25, -0.2) is 9.18 Å². The lowest BCUT2D eigenvalue weighted by Gasteiger charge is -2.59. The van der Waals surface area contributed by atoms with Gasteiger partial charge in [-0.1, -0.05) is 38.8 Å². The Kier molecular flexibility index (Phi) is 7.51. The number of esters is 2. The van der Waals surface area contributed by atoms with E-state index in [1.807, 2.05) is 6.92 Å². The van der Waals surface area contributed by atoms with Crippen molar-refractivity contribution < 1.29 is 43.3 Å². The zero-order valence-corrected chi connectivity index (χ0v) is 21.7. The molecule has 3 saturated carbocycles. The number of rotatable bonds is 8. The number of ketones is 2. The lowest BCUT2D eigenvalue weighted by molar-refractivity contribution is -0.219. The summed E-state index contributed by atoms with van der Waals surface area (Å²) in [5.41, 5.74) is -4.20. The molecular formula is C28H37FO8. The number of aliphatic hydroxyl groups is 2. The average molecular weight is 521 g/mol. The first kappa shape index (κ1) is 27.6. The lowest BCUT2D eigenvalue weighted by Crippen LogP contribution is -2.68. The van der Waals surface area contributed by atoms with E-state index in [1.54, 1.807) is 19.9 Å². The Morgan fingerprint density at radius 3 is 2.62 bits per heavy atom. The number of allylic oxidation sites excluding steroid dienone is 4. The number of unbranched alkanes of at least 4 members (excludes halogenated alkanes) is 1. The Labute approximate surface area is 216 Å². The highest BCUT2D eigenvalue weighted by molar-refractivity contribution is 6.01. The van der Waals surface area contributed by atoms with Crippen molar-refractivity contribution in [1.29, 1.82) is 0 Å². The van der Waals surface area contributed by atoms with E-state index in [9.17, 15) is 24.3 Å². The second-order valence-corrected chi connectivity index (χ2v) is 11.4. The minimum absolute atomic E-state index is 0.101. The number of hydrogen-bond donors (Lipinski definition) is 2. The van der Waals surface area contributed by atoms with Crippen LogP contribution in [0.3, 0.4) is 0 Å². The fourth-order valence-electron chi connectivity index (χ4n) is 7.87. The van der Waals surface area contributed by atoms with E-state index in [0.29, 0.717) is 31.3 Å². The Morgan fingerprint density at radius 2 is 1.95 bits per heavy atom. The van der Waals surface area contributed by atoms with Crippen molar-refractivity contribution in [2.24, 2.45) is 29.1 Å². The van der Waals surface area contributed by atoms with Gasteiger partial charge in [-0.05, 0) is 50.2 Å². The topological polar surface area (TPSA) is 127 Å². The molecule has 9 heteroatoms. The maximum Gasteiger partial charge on any atom is 0.332 e. The molecule has 0 aromatic rings. The molecule has 0 unspecified atom stereocenters. The summed E-state index contributed by atoms with van der Waals surface area (Å²) in [7, 11) is 0. The summed E-state index contributed by atoms with van der Waals surface area (Å²) in [6.45, 7) is 3.88. The predicted octanol–water partition coefficient (Wildman–Crippen LogP) is 2.79. The highest BCUT2D eigenvalue weighted by Gasteiger charge is 2.75. The maximum atomic E-state index is 17.0. The molecule has 0 heterocycles. The number of Topliss-reactive ketones (excluding diaryl/α,β-unsaturated/α-hetero) is 1. The first-order valence-electron chi connectivity index (χ1n) is 13.3. The van der Waals surface area contributed by atoms with Crippen LogP contribution < -0.4 is 0 Å². The highest BCUT2D eigenvalue weighted by Crippen LogP contribution is 2.69. The smallest absolute Gasteiger partial charge is 0.332 e. The first-order valence-corrected chi connectivity index (χ1v) is 13.3. The van der Waals surface area contributed by atoms with Crippen molar-refractivity contribution in [3.8, 4) is 0 Å². The SMILES string of the molecule is CCCCC(=O)O[C@]1(C(=O)COC(=O)CO)[C@@H](C)C[C@H]2[C@@H]3CCC4=CC(=O)C=C[C@@H]4[C@@]3(F)[C@@H](O)C[C@@]21C. The number of alkyl halides is 1. The van der Waals surface area contributed by atoms with Gasteiger partial charge in [0.15, 0.2) is 18.0 Å². The van der Waals surface area contributed by atoms with Gasteiger partial charge >= 0.3 is 11.9 Å². The van der Waals surface area contributed by atoms with E-state index in [1.165, 1.54) is 12.2 Å².